The van der Waals surface area contributed by atoms with Crippen LogP contribution < -0.4 is 5.46 Å². The third-order valence-electron chi connectivity index (χ3n) is 6.58. The van der Waals surface area contributed by atoms with Crippen LogP contribution in [0.25, 0.3) is 0 Å². The highest BCUT2D eigenvalue weighted by molar-refractivity contribution is 6.62. The third-order valence-corrected chi connectivity index (χ3v) is 6.58. The lowest BCUT2D eigenvalue weighted by molar-refractivity contribution is 0.00198. The molecular weight excluding hydrogens is 407 g/mol. The van der Waals surface area contributed by atoms with E-state index in [2.05, 4.69) is 0 Å². The highest BCUT2D eigenvalue weighted by Crippen LogP contribution is 2.36. The van der Waals surface area contributed by atoms with Gasteiger partial charge in [-0.3, -0.25) is 4.79 Å². The van der Waals surface area contributed by atoms with E-state index in [4.69, 9.17) is 14.0 Å². The number of hydrogen-bond acceptors (Lipinski definition) is 5. The van der Waals surface area contributed by atoms with Crippen molar-refractivity contribution < 1.29 is 23.6 Å². The lowest BCUT2D eigenvalue weighted by atomic mass is 9.75. The van der Waals surface area contributed by atoms with Gasteiger partial charge >= 0.3 is 13.2 Å². The molecule has 2 fully saturated rings. The van der Waals surface area contributed by atoms with E-state index in [0.717, 1.165) is 11.0 Å². The van der Waals surface area contributed by atoms with E-state index in [0.29, 0.717) is 25.2 Å². The second kappa shape index (κ2) is 8.38. The summed E-state index contributed by atoms with van der Waals surface area (Å²) < 4.78 is 17.9. The van der Waals surface area contributed by atoms with Gasteiger partial charge in [-0.1, -0.05) is 11.6 Å². The van der Waals surface area contributed by atoms with Gasteiger partial charge in [0, 0.05) is 31.2 Å². The number of nitrogens with zero attached hydrogens (tertiary/aromatic N) is 2. The number of carbonyl (C=O) groups excluding carboxylic acids is 2. The number of rotatable bonds is 2. The van der Waals surface area contributed by atoms with Gasteiger partial charge in [0.05, 0.1) is 11.2 Å². The highest BCUT2D eigenvalue weighted by Gasteiger charge is 2.52. The second-order valence-electron chi connectivity index (χ2n) is 10.9. The summed E-state index contributed by atoms with van der Waals surface area (Å²) in [6.45, 7) is 18.9. The normalized spacial score (nSPS) is 22.8. The smallest absolute Gasteiger partial charge is 0.444 e. The van der Waals surface area contributed by atoms with Crippen LogP contribution in [0.15, 0.2) is 18.2 Å². The minimum Gasteiger partial charge on any atom is -0.444 e. The minimum absolute atomic E-state index is 0.0570. The lowest BCUT2D eigenvalue weighted by Gasteiger charge is -2.40. The zero-order valence-electron chi connectivity index (χ0n) is 20.9. The topological polar surface area (TPSA) is 68.3 Å². The van der Waals surface area contributed by atoms with Gasteiger partial charge < -0.3 is 23.8 Å². The molecule has 7 nitrogen and oxygen atoms in total. The lowest BCUT2D eigenvalue weighted by Crippen LogP contribution is -2.56. The molecule has 0 aliphatic carbocycles. The van der Waals surface area contributed by atoms with Gasteiger partial charge in [-0.05, 0) is 79.9 Å². The minimum atomic E-state index is -0.546. The van der Waals surface area contributed by atoms with Gasteiger partial charge in [0.1, 0.15) is 5.60 Å². The molecule has 0 bridgehead atoms. The predicted molar refractivity (Wildman–Crippen MR) is 125 cm³/mol. The van der Waals surface area contributed by atoms with Gasteiger partial charge in [-0.15, -0.1) is 0 Å². The number of aryl methyl sites for hydroxylation is 1. The molecule has 0 unspecified atom stereocenters. The highest BCUT2D eigenvalue weighted by atomic mass is 16.7. The van der Waals surface area contributed by atoms with Crippen molar-refractivity contribution in [3.8, 4) is 0 Å². The zero-order chi connectivity index (χ0) is 24.1. The molecule has 2 heterocycles. The van der Waals surface area contributed by atoms with Crippen LogP contribution >= 0.6 is 0 Å². The maximum absolute atomic E-state index is 13.3. The summed E-state index contributed by atoms with van der Waals surface area (Å²) in [6, 6.07) is 5.53. The summed E-state index contributed by atoms with van der Waals surface area (Å²) in [5.41, 5.74) is 1.04. The van der Waals surface area contributed by atoms with E-state index >= 15 is 0 Å². The summed E-state index contributed by atoms with van der Waals surface area (Å²) in [7, 11) is -0.518. The molecule has 8 heteroatoms. The van der Waals surface area contributed by atoms with Gasteiger partial charge in [-0.2, -0.15) is 0 Å². The number of amides is 2. The van der Waals surface area contributed by atoms with Crippen LogP contribution in [0.1, 0.15) is 71.3 Å². The van der Waals surface area contributed by atoms with E-state index in [-0.39, 0.29) is 18.0 Å². The van der Waals surface area contributed by atoms with Crippen molar-refractivity contribution in [2.75, 3.05) is 19.6 Å². The van der Waals surface area contributed by atoms with Crippen molar-refractivity contribution in [3.05, 3.63) is 29.3 Å². The molecule has 0 N–H and O–H groups in total. The van der Waals surface area contributed by atoms with Crippen LogP contribution in [0.2, 0.25) is 0 Å². The van der Waals surface area contributed by atoms with Crippen molar-refractivity contribution in [1.82, 2.24) is 9.80 Å². The largest absolute Gasteiger partial charge is 0.495 e. The Morgan fingerprint density at radius 1 is 1.09 bits per heavy atom. The molecule has 2 saturated heterocycles. The summed E-state index contributed by atoms with van der Waals surface area (Å²) in [4.78, 5) is 29.3. The van der Waals surface area contributed by atoms with Crippen LogP contribution in [0.5, 0.6) is 0 Å². The van der Waals surface area contributed by atoms with Crippen LogP contribution in [0.3, 0.4) is 0 Å². The van der Waals surface area contributed by atoms with Crippen molar-refractivity contribution in [1.29, 1.82) is 0 Å². The first kappa shape index (κ1) is 24.6. The van der Waals surface area contributed by atoms with Gasteiger partial charge in [-0.25, -0.2) is 4.79 Å². The number of carbonyl (C=O) groups is 2. The number of benzene rings is 1. The van der Waals surface area contributed by atoms with Crippen LogP contribution in [0, 0.1) is 6.92 Å². The van der Waals surface area contributed by atoms with Crippen molar-refractivity contribution in [2.24, 2.45) is 0 Å². The molecule has 0 radical (unpaired) electrons. The molecule has 3 rings (SSSR count). The van der Waals surface area contributed by atoms with Gasteiger partial charge in [0.2, 0.25) is 0 Å². The molecule has 0 aromatic heterocycles. The Labute approximate surface area is 192 Å². The van der Waals surface area contributed by atoms with Crippen molar-refractivity contribution in [2.45, 2.75) is 85.2 Å². The zero-order valence-corrected chi connectivity index (χ0v) is 20.9. The first-order valence-electron chi connectivity index (χ1n) is 11.4. The summed E-state index contributed by atoms with van der Waals surface area (Å²) >= 11 is 0. The summed E-state index contributed by atoms with van der Waals surface area (Å²) in [5, 5.41) is 0. The summed E-state index contributed by atoms with van der Waals surface area (Å²) in [6.07, 6.45) is -0.338. The van der Waals surface area contributed by atoms with Crippen LogP contribution in [0.4, 0.5) is 4.79 Å². The molecule has 1 aromatic rings. The first-order chi connectivity index (χ1) is 14.6. The third kappa shape index (κ3) is 4.96. The Hall–Kier alpha value is -2.06. The fraction of sp³-hybridized carbons (Fsp3) is 0.667. The number of piperazine rings is 1. The number of ether oxygens (including phenoxy) is 1. The Bertz CT molecular complexity index is 877. The fourth-order valence-corrected chi connectivity index (χ4v) is 3.91. The second-order valence-corrected chi connectivity index (χ2v) is 10.9. The van der Waals surface area contributed by atoms with E-state index < -0.39 is 23.9 Å². The Morgan fingerprint density at radius 2 is 1.69 bits per heavy atom. The van der Waals surface area contributed by atoms with Gasteiger partial charge in [0.15, 0.2) is 0 Å². The summed E-state index contributed by atoms with van der Waals surface area (Å²) in [5.74, 6) is -0.0570. The van der Waals surface area contributed by atoms with Crippen molar-refractivity contribution in [3.63, 3.8) is 0 Å². The average molecular weight is 444 g/mol. The molecule has 2 aliphatic heterocycles. The van der Waals surface area contributed by atoms with Crippen LogP contribution in [-0.2, 0) is 14.0 Å². The SMILES string of the molecule is Cc1ccc(C(=O)N2CCN(C(=O)OC(C)(C)C)[C@H](C)C2)cc1B1OC(C)(C)C(C)(C)O1. The molecule has 1 aromatic carbocycles. The Kier molecular flexibility index (Phi) is 6.44. The standard InChI is InChI=1S/C24H37BN2O5/c1-16-10-11-18(14-19(16)25-31-23(6,7)24(8,9)32-25)20(28)26-12-13-27(17(2)15-26)21(29)30-22(3,4)5/h10-11,14,17H,12-13,15H2,1-9H3/t17-/m1/s1. The monoisotopic (exact) mass is 444 g/mol. The maximum atomic E-state index is 13.3. The van der Waals surface area contributed by atoms with Gasteiger partial charge in [0.25, 0.3) is 5.91 Å². The van der Waals surface area contributed by atoms with Crippen molar-refractivity contribution >= 4 is 24.6 Å². The molecule has 0 spiro atoms. The fourth-order valence-electron chi connectivity index (χ4n) is 3.91. The Balaban J connectivity index is 1.73. The Morgan fingerprint density at radius 3 is 2.22 bits per heavy atom. The molecule has 176 valence electrons. The first-order valence-corrected chi connectivity index (χ1v) is 11.4. The molecule has 0 saturated carbocycles. The molecule has 32 heavy (non-hydrogen) atoms. The van der Waals surface area contributed by atoms with E-state index in [1.807, 2.05) is 80.5 Å². The molecular formula is C24H37BN2O5. The maximum Gasteiger partial charge on any atom is 0.495 e. The molecule has 2 amide bonds. The predicted octanol–water partition coefficient (Wildman–Crippen LogP) is 3.38. The number of hydrogen-bond donors (Lipinski definition) is 0. The van der Waals surface area contributed by atoms with Crippen LogP contribution in [-0.4, -0.2) is 71.4 Å². The average Bonchev–Trinajstić information content (AvgIpc) is 2.87. The quantitative estimate of drug-likeness (QED) is 0.655. The molecule has 2 aliphatic rings. The van der Waals surface area contributed by atoms with E-state index in [9.17, 15) is 9.59 Å². The molecule has 1 atom stereocenters. The van der Waals surface area contributed by atoms with E-state index in [1.165, 1.54) is 0 Å². The van der Waals surface area contributed by atoms with E-state index in [1.54, 1.807) is 9.80 Å².